The molecule has 1 fully saturated rings. The van der Waals surface area contributed by atoms with Crippen LogP contribution in [0, 0.1) is 11.7 Å². The Morgan fingerprint density at radius 3 is 2.41 bits per heavy atom. The average molecular weight is 521 g/mol. The number of hydrogen-bond donors (Lipinski definition) is 1. The summed E-state index contributed by atoms with van der Waals surface area (Å²) in [5.74, 6) is 1.53. The molecule has 3 aromatic carbocycles. The summed E-state index contributed by atoms with van der Waals surface area (Å²) in [6.07, 6.45) is 3.05. The molecule has 190 valence electrons. The molecule has 1 amide bonds. The molecule has 2 atom stereocenters. The summed E-state index contributed by atoms with van der Waals surface area (Å²) in [7, 11) is -1.90. The van der Waals surface area contributed by atoms with E-state index >= 15 is 0 Å². The number of sulfonamides is 1. The first-order valence-corrected chi connectivity index (χ1v) is 13.9. The molecule has 37 heavy (non-hydrogen) atoms. The molecule has 4 aromatic rings. The number of hydrogen-bond acceptors (Lipinski definition) is 5. The summed E-state index contributed by atoms with van der Waals surface area (Å²) in [4.78, 5) is 13.0. The van der Waals surface area contributed by atoms with Gasteiger partial charge in [-0.3, -0.25) is 9.10 Å². The molecule has 9 heteroatoms. The SMILES string of the molecule is CNC(=O)c1c(-c2ccc(Oc3ccc(F)cc3)cc2)oc2cc3c(cc12)C1CC1CCN3S(C)(=O)=O. The van der Waals surface area contributed by atoms with Gasteiger partial charge >= 0.3 is 0 Å². The van der Waals surface area contributed by atoms with Crippen molar-refractivity contribution < 1.29 is 26.8 Å². The molecule has 0 saturated heterocycles. The average Bonchev–Trinajstić information content (AvgIpc) is 3.57. The van der Waals surface area contributed by atoms with Crippen LogP contribution in [0.1, 0.15) is 34.7 Å². The molecular formula is C28H25FN2O5S. The van der Waals surface area contributed by atoms with E-state index in [1.165, 1.54) is 22.7 Å². The Morgan fingerprint density at radius 1 is 1.08 bits per heavy atom. The molecule has 0 spiro atoms. The summed E-state index contributed by atoms with van der Waals surface area (Å²) in [5, 5.41) is 3.36. The number of fused-ring (bicyclic) bond motifs is 4. The summed E-state index contributed by atoms with van der Waals surface area (Å²) in [6.45, 7) is 0.434. The molecule has 1 aromatic heterocycles. The van der Waals surface area contributed by atoms with E-state index in [1.807, 2.05) is 6.07 Å². The minimum absolute atomic E-state index is 0.282. The van der Waals surface area contributed by atoms with Crippen LogP contribution in [0.2, 0.25) is 0 Å². The molecule has 0 bridgehead atoms. The first kappa shape index (κ1) is 23.5. The number of anilines is 1. The van der Waals surface area contributed by atoms with Crippen molar-refractivity contribution in [3.8, 4) is 22.8 Å². The predicted octanol–water partition coefficient (Wildman–Crippen LogP) is 5.66. The van der Waals surface area contributed by atoms with Crippen LogP contribution in [0.3, 0.4) is 0 Å². The second-order valence-corrected chi connectivity index (χ2v) is 11.5. The third kappa shape index (κ3) is 4.23. The lowest BCUT2D eigenvalue weighted by Crippen LogP contribution is -2.31. The van der Waals surface area contributed by atoms with Crippen LogP contribution in [0.25, 0.3) is 22.3 Å². The maximum Gasteiger partial charge on any atom is 0.255 e. The topological polar surface area (TPSA) is 88.8 Å². The van der Waals surface area contributed by atoms with Crippen molar-refractivity contribution in [1.29, 1.82) is 0 Å². The molecule has 2 aliphatic rings. The predicted molar refractivity (Wildman–Crippen MR) is 139 cm³/mol. The first-order valence-electron chi connectivity index (χ1n) is 12.1. The van der Waals surface area contributed by atoms with Crippen molar-refractivity contribution in [1.82, 2.24) is 5.32 Å². The zero-order valence-electron chi connectivity index (χ0n) is 20.3. The van der Waals surface area contributed by atoms with E-state index in [0.717, 1.165) is 18.4 Å². The monoisotopic (exact) mass is 520 g/mol. The van der Waals surface area contributed by atoms with E-state index < -0.39 is 10.0 Å². The van der Waals surface area contributed by atoms with E-state index in [1.54, 1.807) is 49.5 Å². The Balaban J connectivity index is 1.44. The fraction of sp³-hybridized carbons (Fsp3) is 0.250. The molecule has 1 N–H and O–H groups in total. The van der Waals surface area contributed by atoms with Gasteiger partial charge in [0.05, 0.1) is 17.5 Å². The molecule has 1 saturated carbocycles. The zero-order valence-corrected chi connectivity index (χ0v) is 21.1. The van der Waals surface area contributed by atoms with E-state index in [0.29, 0.717) is 57.5 Å². The van der Waals surface area contributed by atoms with Gasteiger partial charge in [0.1, 0.15) is 28.7 Å². The molecule has 0 radical (unpaired) electrons. The first-order chi connectivity index (χ1) is 17.7. The van der Waals surface area contributed by atoms with Gasteiger partial charge in [-0.15, -0.1) is 0 Å². The number of nitrogens with one attached hydrogen (secondary N) is 1. The van der Waals surface area contributed by atoms with Crippen molar-refractivity contribution in [2.45, 2.75) is 18.8 Å². The fourth-order valence-corrected chi connectivity index (χ4v) is 6.18. The van der Waals surface area contributed by atoms with E-state index in [-0.39, 0.29) is 17.6 Å². The van der Waals surface area contributed by atoms with E-state index in [2.05, 4.69) is 5.32 Å². The Labute approximate surface area is 213 Å². The Hall–Kier alpha value is -3.85. The van der Waals surface area contributed by atoms with Gasteiger partial charge in [-0.1, -0.05) is 0 Å². The van der Waals surface area contributed by atoms with Gasteiger partial charge in [-0.05, 0) is 84.8 Å². The lowest BCUT2D eigenvalue weighted by atomic mass is 10.00. The number of carbonyl (C=O) groups is 1. The number of benzene rings is 3. The van der Waals surface area contributed by atoms with Crippen LogP contribution in [-0.4, -0.2) is 34.2 Å². The Morgan fingerprint density at radius 2 is 1.76 bits per heavy atom. The van der Waals surface area contributed by atoms with E-state index in [9.17, 15) is 17.6 Å². The van der Waals surface area contributed by atoms with Crippen molar-refractivity contribution in [2.75, 3.05) is 24.2 Å². The summed E-state index contributed by atoms with van der Waals surface area (Å²) < 4.78 is 51.8. The summed E-state index contributed by atoms with van der Waals surface area (Å²) in [5.41, 5.74) is 3.10. The van der Waals surface area contributed by atoms with Gasteiger partial charge in [0.2, 0.25) is 10.0 Å². The minimum atomic E-state index is -3.47. The third-order valence-corrected chi connectivity index (χ3v) is 8.33. The summed E-state index contributed by atoms with van der Waals surface area (Å²) >= 11 is 0. The number of amides is 1. The van der Waals surface area contributed by atoms with Gasteiger partial charge in [-0.25, -0.2) is 12.8 Å². The number of carbonyl (C=O) groups excluding carboxylic acids is 1. The smallest absolute Gasteiger partial charge is 0.255 e. The zero-order chi connectivity index (χ0) is 25.9. The second-order valence-electron chi connectivity index (χ2n) is 9.60. The van der Waals surface area contributed by atoms with Gasteiger partial charge in [0.15, 0.2) is 0 Å². The van der Waals surface area contributed by atoms with Crippen molar-refractivity contribution >= 4 is 32.6 Å². The van der Waals surface area contributed by atoms with Crippen LogP contribution in [0.15, 0.2) is 65.1 Å². The Bertz CT molecular complexity index is 1630. The van der Waals surface area contributed by atoms with Crippen molar-refractivity contribution in [3.63, 3.8) is 0 Å². The normalized spacial score (nSPS) is 18.6. The molecule has 2 unspecified atom stereocenters. The number of nitrogens with zero attached hydrogens (tertiary/aromatic N) is 1. The summed E-state index contributed by atoms with van der Waals surface area (Å²) in [6, 6.07) is 16.5. The van der Waals surface area contributed by atoms with Crippen molar-refractivity contribution in [3.05, 3.63) is 77.6 Å². The van der Waals surface area contributed by atoms with Gasteiger partial charge in [0.25, 0.3) is 5.91 Å². The Kier molecular flexibility index (Phi) is 5.49. The number of halogens is 1. The molecular weight excluding hydrogens is 495 g/mol. The highest BCUT2D eigenvalue weighted by molar-refractivity contribution is 7.92. The van der Waals surface area contributed by atoms with Crippen LogP contribution >= 0.6 is 0 Å². The van der Waals surface area contributed by atoms with Gasteiger partial charge in [0, 0.05) is 30.6 Å². The largest absolute Gasteiger partial charge is 0.457 e. The lowest BCUT2D eigenvalue weighted by Gasteiger charge is -2.23. The fourth-order valence-electron chi connectivity index (χ4n) is 5.22. The van der Waals surface area contributed by atoms with Crippen molar-refractivity contribution in [2.24, 2.45) is 5.92 Å². The number of furan rings is 1. The second kappa shape index (κ2) is 8.62. The highest BCUT2D eigenvalue weighted by Crippen LogP contribution is 2.56. The number of rotatable bonds is 5. The quantitative estimate of drug-likeness (QED) is 0.367. The molecule has 7 nitrogen and oxygen atoms in total. The molecule has 1 aliphatic carbocycles. The van der Waals surface area contributed by atoms with Crippen LogP contribution in [-0.2, 0) is 10.0 Å². The standard InChI is InChI=1S/C28H25FN2O5S/c1-30-28(32)26-23-14-22-21-13-17(21)11-12-31(37(2,33)34)24(22)15-25(23)36-27(26)16-3-7-19(8-4-16)35-20-9-5-18(29)6-10-20/h3-10,14-15,17,21H,11-13H2,1-2H3,(H,30,32). The molecule has 6 rings (SSSR count). The maximum absolute atomic E-state index is 13.2. The minimum Gasteiger partial charge on any atom is -0.457 e. The third-order valence-electron chi connectivity index (χ3n) is 7.15. The molecule has 2 heterocycles. The lowest BCUT2D eigenvalue weighted by molar-refractivity contribution is 0.0964. The van der Waals surface area contributed by atoms with Crippen LogP contribution in [0.4, 0.5) is 10.1 Å². The maximum atomic E-state index is 13.2. The van der Waals surface area contributed by atoms with Gasteiger partial charge in [-0.2, -0.15) is 0 Å². The van der Waals surface area contributed by atoms with E-state index in [4.69, 9.17) is 9.15 Å². The van der Waals surface area contributed by atoms with Crippen LogP contribution < -0.4 is 14.4 Å². The number of ether oxygens (including phenoxy) is 1. The van der Waals surface area contributed by atoms with Crippen LogP contribution in [0.5, 0.6) is 11.5 Å². The highest BCUT2D eigenvalue weighted by atomic mass is 32.2. The van der Waals surface area contributed by atoms with Gasteiger partial charge < -0.3 is 14.5 Å². The highest BCUT2D eigenvalue weighted by Gasteiger charge is 2.44. The molecule has 1 aliphatic heterocycles.